The molecule has 1 aliphatic heterocycles. The molecule has 1 fully saturated rings. The quantitative estimate of drug-likeness (QED) is 0.835. The maximum absolute atomic E-state index is 12.2. The molecule has 2 aromatic rings. The Kier molecular flexibility index (Phi) is 5.81. The molecule has 134 valence electrons. The fraction of sp³-hybridized carbons (Fsp3) is 0.526. The van der Waals surface area contributed by atoms with Crippen LogP contribution in [0.5, 0.6) is 0 Å². The van der Waals surface area contributed by atoms with E-state index in [0.717, 1.165) is 38.2 Å². The van der Waals surface area contributed by atoms with E-state index < -0.39 is 0 Å². The molecule has 0 unspecified atom stereocenters. The summed E-state index contributed by atoms with van der Waals surface area (Å²) in [4.78, 5) is 16.4. The summed E-state index contributed by atoms with van der Waals surface area (Å²) in [7, 11) is 0. The summed E-state index contributed by atoms with van der Waals surface area (Å²) in [6.45, 7) is 7.94. The lowest BCUT2D eigenvalue weighted by atomic mass is 10.2. The van der Waals surface area contributed by atoms with Crippen molar-refractivity contribution in [3.05, 3.63) is 47.7 Å². The average molecular weight is 342 g/mol. The first kappa shape index (κ1) is 17.6. The van der Waals surface area contributed by atoms with Gasteiger partial charge in [0.15, 0.2) is 0 Å². The number of hydrogen-bond acceptors (Lipinski definition) is 5. The van der Waals surface area contributed by atoms with E-state index in [1.807, 2.05) is 36.9 Å². The highest BCUT2D eigenvalue weighted by atomic mass is 16.4. The van der Waals surface area contributed by atoms with Gasteiger partial charge in [0.05, 0.1) is 13.0 Å². The van der Waals surface area contributed by atoms with E-state index in [2.05, 4.69) is 27.2 Å². The van der Waals surface area contributed by atoms with Gasteiger partial charge in [0, 0.05) is 32.1 Å². The molecule has 1 aliphatic rings. The van der Waals surface area contributed by atoms with Crippen molar-refractivity contribution in [3.63, 3.8) is 0 Å². The van der Waals surface area contributed by atoms with E-state index in [1.165, 1.54) is 0 Å². The van der Waals surface area contributed by atoms with Crippen LogP contribution < -0.4 is 0 Å². The van der Waals surface area contributed by atoms with Gasteiger partial charge in [0.2, 0.25) is 17.7 Å². The molecule has 1 aromatic carbocycles. The van der Waals surface area contributed by atoms with Gasteiger partial charge in [-0.1, -0.05) is 44.2 Å². The Morgan fingerprint density at radius 2 is 1.84 bits per heavy atom. The lowest BCUT2D eigenvalue weighted by molar-refractivity contribution is -0.134. The second-order valence-electron chi connectivity index (χ2n) is 6.86. The van der Waals surface area contributed by atoms with Gasteiger partial charge in [0.25, 0.3) is 0 Å². The number of hydrogen-bond donors (Lipinski definition) is 0. The highest BCUT2D eigenvalue weighted by molar-refractivity contribution is 5.78. The average Bonchev–Trinajstić information content (AvgIpc) is 2.90. The van der Waals surface area contributed by atoms with Gasteiger partial charge in [0.1, 0.15) is 0 Å². The molecular formula is C19H26N4O2. The predicted molar refractivity (Wildman–Crippen MR) is 94.9 cm³/mol. The Morgan fingerprint density at radius 3 is 2.60 bits per heavy atom. The van der Waals surface area contributed by atoms with Gasteiger partial charge in [-0.2, -0.15) is 0 Å². The molecule has 1 amide bonds. The largest absolute Gasteiger partial charge is 0.424 e. The molecule has 1 aromatic heterocycles. The number of carbonyl (C=O) groups excluding carboxylic acids is 1. The van der Waals surface area contributed by atoms with E-state index in [9.17, 15) is 4.79 Å². The van der Waals surface area contributed by atoms with E-state index in [1.54, 1.807) is 0 Å². The van der Waals surface area contributed by atoms with Crippen molar-refractivity contribution in [1.82, 2.24) is 20.0 Å². The summed E-state index contributed by atoms with van der Waals surface area (Å²) < 4.78 is 5.80. The van der Waals surface area contributed by atoms with Crippen molar-refractivity contribution in [2.24, 2.45) is 5.92 Å². The molecule has 2 heterocycles. The third-order valence-corrected chi connectivity index (χ3v) is 4.46. The first-order chi connectivity index (χ1) is 12.1. The first-order valence-electron chi connectivity index (χ1n) is 8.98. The van der Waals surface area contributed by atoms with E-state index in [-0.39, 0.29) is 11.8 Å². The van der Waals surface area contributed by atoms with E-state index in [4.69, 9.17) is 4.42 Å². The Balaban J connectivity index is 1.54. The van der Waals surface area contributed by atoms with Crippen molar-refractivity contribution in [2.45, 2.75) is 33.2 Å². The molecule has 0 bridgehead atoms. The third-order valence-electron chi connectivity index (χ3n) is 4.46. The van der Waals surface area contributed by atoms with Crippen LogP contribution in [0.15, 0.2) is 34.7 Å². The molecule has 0 spiro atoms. The monoisotopic (exact) mass is 342 g/mol. The summed E-state index contributed by atoms with van der Waals surface area (Å²) in [6, 6.07) is 10.1. The van der Waals surface area contributed by atoms with E-state index >= 15 is 0 Å². The normalized spacial score (nSPS) is 16.2. The zero-order valence-corrected chi connectivity index (χ0v) is 15.0. The van der Waals surface area contributed by atoms with Crippen molar-refractivity contribution < 1.29 is 9.21 Å². The predicted octanol–water partition coefficient (Wildman–Crippen LogP) is 2.35. The molecule has 1 saturated heterocycles. The molecule has 6 heteroatoms. The van der Waals surface area contributed by atoms with Crippen LogP contribution in [0.4, 0.5) is 0 Å². The topological polar surface area (TPSA) is 62.5 Å². The molecule has 0 aliphatic carbocycles. The fourth-order valence-corrected chi connectivity index (χ4v) is 3.10. The summed E-state index contributed by atoms with van der Waals surface area (Å²) in [5, 5.41) is 8.34. The molecule has 3 rings (SSSR count). The zero-order chi connectivity index (χ0) is 17.6. The molecule has 0 radical (unpaired) electrons. The number of rotatable bonds is 5. The summed E-state index contributed by atoms with van der Waals surface area (Å²) in [5.74, 6) is 1.59. The number of nitrogens with zero attached hydrogens (tertiary/aromatic N) is 4. The van der Waals surface area contributed by atoms with Gasteiger partial charge < -0.3 is 9.32 Å². The van der Waals surface area contributed by atoms with Gasteiger partial charge in [-0.05, 0) is 12.0 Å². The van der Waals surface area contributed by atoms with Crippen LogP contribution in [-0.4, -0.2) is 52.1 Å². The summed E-state index contributed by atoms with van der Waals surface area (Å²) in [5.41, 5.74) is 1.16. The van der Waals surface area contributed by atoms with Gasteiger partial charge in [-0.15, -0.1) is 10.2 Å². The standard InChI is InChI=1S/C19H26N4O2/c1-15(2)19(24)23-10-6-9-22(11-12-23)14-18-21-20-17(25-18)13-16-7-4-3-5-8-16/h3-5,7-8,15H,6,9-14H2,1-2H3. The van der Waals surface area contributed by atoms with Crippen molar-refractivity contribution >= 4 is 5.91 Å². The summed E-state index contributed by atoms with van der Waals surface area (Å²) in [6.07, 6.45) is 1.63. The van der Waals surface area contributed by atoms with Crippen molar-refractivity contribution in [1.29, 1.82) is 0 Å². The third kappa shape index (κ3) is 4.89. The number of amides is 1. The van der Waals surface area contributed by atoms with Gasteiger partial charge >= 0.3 is 0 Å². The minimum Gasteiger partial charge on any atom is -0.424 e. The lowest BCUT2D eigenvalue weighted by Crippen LogP contribution is -2.37. The molecule has 0 N–H and O–H groups in total. The van der Waals surface area contributed by atoms with Crippen LogP contribution in [0.25, 0.3) is 0 Å². The van der Waals surface area contributed by atoms with Crippen LogP contribution in [0.2, 0.25) is 0 Å². The summed E-state index contributed by atoms with van der Waals surface area (Å²) >= 11 is 0. The minimum absolute atomic E-state index is 0.0584. The van der Waals surface area contributed by atoms with Crippen LogP contribution in [-0.2, 0) is 17.8 Å². The number of aromatic nitrogens is 2. The number of benzene rings is 1. The maximum Gasteiger partial charge on any atom is 0.230 e. The van der Waals surface area contributed by atoms with Crippen LogP contribution in [0, 0.1) is 5.92 Å². The Hall–Kier alpha value is -2.21. The van der Waals surface area contributed by atoms with Crippen molar-refractivity contribution in [3.8, 4) is 0 Å². The minimum atomic E-state index is 0.0584. The van der Waals surface area contributed by atoms with Crippen LogP contribution in [0.1, 0.15) is 37.6 Å². The number of carbonyl (C=O) groups is 1. The molecular weight excluding hydrogens is 316 g/mol. The molecule has 0 atom stereocenters. The fourth-order valence-electron chi connectivity index (χ4n) is 3.10. The van der Waals surface area contributed by atoms with Crippen LogP contribution in [0.3, 0.4) is 0 Å². The first-order valence-corrected chi connectivity index (χ1v) is 8.98. The Bertz CT molecular complexity index is 684. The molecule has 0 saturated carbocycles. The van der Waals surface area contributed by atoms with Crippen LogP contribution >= 0.6 is 0 Å². The van der Waals surface area contributed by atoms with Gasteiger partial charge in [-0.3, -0.25) is 9.69 Å². The molecule has 25 heavy (non-hydrogen) atoms. The highest BCUT2D eigenvalue weighted by Gasteiger charge is 2.22. The maximum atomic E-state index is 12.2. The lowest BCUT2D eigenvalue weighted by Gasteiger charge is -2.22. The van der Waals surface area contributed by atoms with Crippen molar-refractivity contribution in [2.75, 3.05) is 26.2 Å². The smallest absolute Gasteiger partial charge is 0.230 e. The SMILES string of the molecule is CC(C)C(=O)N1CCCN(Cc2nnc(Cc3ccccc3)o2)CC1. The second kappa shape index (κ2) is 8.25. The second-order valence-corrected chi connectivity index (χ2v) is 6.86. The van der Waals surface area contributed by atoms with E-state index in [0.29, 0.717) is 24.7 Å². The highest BCUT2D eigenvalue weighted by Crippen LogP contribution is 2.12. The zero-order valence-electron chi connectivity index (χ0n) is 15.0. The molecule has 6 nitrogen and oxygen atoms in total. The Labute approximate surface area is 148 Å². The Morgan fingerprint density at radius 1 is 1.08 bits per heavy atom. The van der Waals surface area contributed by atoms with Gasteiger partial charge in [-0.25, -0.2) is 0 Å².